The first-order valence-corrected chi connectivity index (χ1v) is 23.7. The van der Waals surface area contributed by atoms with Crippen LogP contribution in [0.1, 0.15) is 43.8 Å². The summed E-state index contributed by atoms with van der Waals surface area (Å²) in [6.45, 7) is 1.72. The molecule has 2 aromatic heterocycles. The Balaban J connectivity index is 1.20. The quantitative estimate of drug-likeness (QED) is 0.0263. The minimum absolute atomic E-state index is 0.0213. The Bertz CT molecular complexity index is 2250. The van der Waals surface area contributed by atoms with Crippen LogP contribution in [-0.4, -0.2) is 136 Å². The summed E-state index contributed by atoms with van der Waals surface area (Å²) in [7, 11) is -14.8. The van der Waals surface area contributed by atoms with Crippen LogP contribution in [-0.2, 0) is 50.7 Å². The lowest BCUT2D eigenvalue weighted by Crippen LogP contribution is -2.46. The van der Waals surface area contributed by atoms with Crippen LogP contribution < -0.4 is 21.7 Å². The number of aliphatic hydroxyl groups is 2. The van der Waals surface area contributed by atoms with E-state index in [1.807, 2.05) is 0 Å². The van der Waals surface area contributed by atoms with Gasteiger partial charge >= 0.3 is 23.5 Å². The van der Waals surface area contributed by atoms with Gasteiger partial charge in [0.05, 0.1) is 25.5 Å². The van der Waals surface area contributed by atoms with E-state index >= 15 is 0 Å². The number of nitrogens with one attached hydrogen (secondary N) is 3. The molecule has 11 N–H and O–H groups in total. The number of Topliss-reactive ketones (excluding diaryl/α,β-unsaturated/α-hetero) is 1. The second kappa shape index (κ2) is 21.3. The SMILES string of the molecule is CNc1ccccc1C(=O)C(C)C(=O)SCCNC(=O)CCNC(=O)C(O)C(C)(C)COP(=O)(O)OP(=O)(O)OC[C@H]1O[C@@H](n2cnc3c(N)ncnc32)[C@H](O)[C@@H]1OP(=O)(O)O. The summed E-state index contributed by atoms with van der Waals surface area (Å²) >= 11 is 0.874. The number of benzene rings is 1. The summed E-state index contributed by atoms with van der Waals surface area (Å²) < 4.78 is 62.2. The molecule has 62 heavy (non-hydrogen) atoms. The number of ether oxygens (including phenoxy) is 1. The molecule has 1 aliphatic heterocycles. The van der Waals surface area contributed by atoms with Gasteiger partial charge in [-0.05, 0) is 19.1 Å². The molecule has 1 saturated heterocycles. The molecule has 2 amide bonds. The average Bonchev–Trinajstić information content (AvgIpc) is 3.76. The largest absolute Gasteiger partial charge is 0.481 e. The van der Waals surface area contributed by atoms with E-state index < -0.39 is 90.5 Å². The van der Waals surface area contributed by atoms with E-state index in [9.17, 15) is 62.7 Å². The number of ketones is 1. The number of aliphatic hydroxyl groups excluding tert-OH is 2. The maximum atomic E-state index is 12.8. The number of carbonyl (C=O) groups excluding carboxylic acids is 4. The third kappa shape index (κ3) is 13.9. The van der Waals surface area contributed by atoms with Crippen LogP contribution in [0.2, 0.25) is 0 Å². The minimum Gasteiger partial charge on any atom is -0.388 e. The number of aromatic nitrogens is 4. The summed E-state index contributed by atoms with van der Waals surface area (Å²) in [4.78, 5) is 101. The fourth-order valence-corrected chi connectivity index (χ4v) is 9.25. The number of hydrogen-bond acceptors (Lipinski definition) is 20. The van der Waals surface area contributed by atoms with Gasteiger partial charge < -0.3 is 56.2 Å². The predicted molar refractivity (Wildman–Crippen MR) is 217 cm³/mol. The van der Waals surface area contributed by atoms with Crippen molar-refractivity contribution in [3.05, 3.63) is 42.5 Å². The van der Waals surface area contributed by atoms with Crippen LogP contribution in [0, 0.1) is 11.3 Å². The van der Waals surface area contributed by atoms with Gasteiger partial charge in [-0.2, -0.15) is 4.31 Å². The zero-order chi connectivity index (χ0) is 46.2. The molecule has 4 rings (SSSR count). The molecule has 4 unspecified atom stereocenters. The van der Waals surface area contributed by atoms with Gasteiger partial charge in [-0.1, -0.05) is 37.7 Å². The molecule has 0 spiro atoms. The van der Waals surface area contributed by atoms with Crippen molar-refractivity contribution in [3.63, 3.8) is 0 Å². The molecule has 0 bridgehead atoms. The Kier molecular flexibility index (Phi) is 17.5. The van der Waals surface area contributed by atoms with Crippen LogP contribution in [0.5, 0.6) is 0 Å². The molecule has 1 aromatic carbocycles. The molecular formula is C32H47N8O18P3S. The summed E-state index contributed by atoms with van der Waals surface area (Å²) in [6, 6.07) is 6.77. The van der Waals surface area contributed by atoms with Crippen molar-refractivity contribution < 1.29 is 85.3 Å². The number of para-hydroxylation sites is 1. The highest BCUT2D eigenvalue weighted by Crippen LogP contribution is 2.61. The predicted octanol–water partition coefficient (Wildman–Crippen LogP) is 0.225. The van der Waals surface area contributed by atoms with E-state index in [0.717, 1.165) is 29.0 Å². The monoisotopic (exact) mass is 956 g/mol. The number of phosphoric acid groups is 3. The molecular weight excluding hydrogens is 909 g/mol. The van der Waals surface area contributed by atoms with Crippen LogP contribution >= 0.6 is 35.2 Å². The number of nitrogens with two attached hydrogens (primary N) is 1. The molecule has 0 saturated carbocycles. The number of amides is 2. The number of anilines is 2. The zero-order valence-corrected chi connectivity index (χ0v) is 36.9. The van der Waals surface area contributed by atoms with E-state index in [1.54, 1.807) is 31.3 Å². The number of imidazole rings is 1. The summed E-state index contributed by atoms with van der Waals surface area (Å²) in [5, 5.41) is 28.9. The third-order valence-electron chi connectivity index (χ3n) is 8.95. The fourth-order valence-electron chi connectivity index (χ4n) is 5.66. The van der Waals surface area contributed by atoms with Gasteiger partial charge in [-0.15, -0.1) is 0 Å². The Hall–Kier alpha value is -3.75. The van der Waals surface area contributed by atoms with Gasteiger partial charge in [0.2, 0.25) is 11.8 Å². The van der Waals surface area contributed by atoms with Gasteiger partial charge in [0, 0.05) is 49.0 Å². The van der Waals surface area contributed by atoms with Crippen molar-refractivity contribution in [3.8, 4) is 0 Å². The third-order valence-corrected chi connectivity index (χ3v) is 13.1. The van der Waals surface area contributed by atoms with Gasteiger partial charge in [0.25, 0.3) is 0 Å². The van der Waals surface area contributed by atoms with E-state index in [1.165, 1.54) is 20.8 Å². The standard InChI is InChI=1S/C32H47N8O18P3S/c1-17(23(42)18-7-5-6-8-19(18)34-4)31(46)62-12-11-35-21(41)9-10-36-29(45)26(44)32(2,3)14-55-61(52,53)58-60(50,51)54-13-20-25(57-59(47,48)49)24(43)30(56-20)40-16-39-22-27(33)37-15-38-28(22)40/h5-8,15-17,20,24-26,30,34,43-44H,9-14H2,1-4H3,(H,35,41)(H,36,45)(H,50,51)(H,52,53)(H2,33,37,38)(H2,47,48,49)/t17?,20-,24-,25-,26?,30-/m1/s1. The Labute approximate surface area is 357 Å². The van der Waals surface area contributed by atoms with Crippen molar-refractivity contribution in [2.45, 2.75) is 57.8 Å². The molecule has 0 aliphatic carbocycles. The second-order valence-electron chi connectivity index (χ2n) is 14.1. The lowest BCUT2D eigenvalue weighted by Gasteiger charge is -2.30. The van der Waals surface area contributed by atoms with Crippen LogP contribution in [0.15, 0.2) is 36.9 Å². The number of phosphoric ester groups is 3. The van der Waals surface area contributed by atoms with Crippen LogP contribution in [0.25, 0.3) is 11.2 Å². The molecule has 3 heterocycles. The van der Waals surface area contributed by atoms with Gasteiger partial charge in [0.15, 0.2) is 28.6 Å². The van der Waals surface area contributed by atoms with Gasteiger partial charge in [-0.3, -0.25) is 37.3 Å². The first-order valence-electron chi connectivity index (χ1n) is 18.2. The highest BCUT2D eigenvalue weighted by molar-refractivity contribution is 8.13. The maximum absolute atomic E-state index is 12.8. The first kappa shape index (κ1) is 50.9. The number of nitrogen functional groups attached to an aromatic ring is 1. The van der Waals surface area contributed by atoms with Crippen molar-refractivity contribution in [1.29, 1.82) is 0 Å². The lowest BCUT2D eigenvalue weighted by atomic mass is 9.87. The van der Waals surface area contributed by atoms with E-state index in [-0.39, 0.29) is 53.1 Å². The maximum Gasteiger partial charge on any atom is 0.481 e. The van der Waals surface area contributed by atoms with E-state index in [4.69, 9.17) is 19.5 Å². The van der Waals surface area contributed by atoms with Crippen LogP contribution in [0.3, 0.4) is 0 Å². The second-order valence-corrected chi connectivity index (χ2v) is 19.5. The summed E-state index contributed by atoms with van der Waals surface area (Å²) in [5.74, 6) is -2.69. The number of fused-ring (bicyclic) bond motifs is 1. The molecule has 26 nitrogen and oxygen atoms in total. The van der Waals surface area contributed by atoms with E-state index in [0.29, 0.717) is 11.3 Å². The smallest absolute Gasteiger partial charge is 0.388 e. The number of hydrogen-bond donors (Lipinski definition) is 10. The highest BCUT2D eigenvalue weighted by atomic mass is 32.2. The zero-order valence-electron chi connectivity index (χ0n) is 33.4. The summed E-state index contributed by atoms with van der Waals surface area (Å²) in [6.07, 6.45) is -7.09. The topological polar surface area (TPSA) is 393 Å². The Morgan fingerprint density at radius 2 is 1.69 bits per heavy atom. The van der Waals surface area contributed by atoms with Crippen LogP contribution in [0.4, 0.5) is 11.5 Å². The summed E-state index contributed by atoms with van der Waals surface area (Å²) in [5.41, 5.74) is 5.18. The van der Waals surface area contributed by atoms with Crippen molar-refractivity contribution >= 4 is 80.6 Å². The van der Waals surface area contributed by atoms with Crippen molar-refractivity contribution in [2.75, 3.05) is 50.2 Å². The molecule has 0 radical (unpaired) electrons. The Morgan fingerprint density at radius 1 is 1.02 bits per heavy atom. The average molecular weight is 957 g/mol. The van der Waals surface area contributed by atoms with E-state index in [2.05, 4.69) is 39.7 Å². The molecule has 30 heteroatoms. The highest BCUT2D eigenvalue weighted by Gasteiger charge is 2.50. The molecule has 3 aromatic rings. The minimum atomic E-state index is -5.60. The van der Waals surface area contributed by atoms with Crippen molar-refractivity contribution in [2.24, 2.45) is 11.3 Å². The Morgan fingerprint density at radius 3 is 2.37 bits per heavy atom. The molecule has 1 aliphatic rings. The number of carbonyl (C=O) groups is 4. The molecule has 8 atom stereocenters. The van der Waals surface area contributed by atoms with Gasteiger partial charge in [-0.25, -0.2) is 28.6 Å². The molecule has 1 fully saturated rings. The number of rotatable bonds is 23. The number of nitrogens with zero attached hydrogens (tertiary/aromatic N) is 4. The lowest BCUT2D eigenvalue weighted by molar-refractivity contribution is -0.137. The first-order chi connectivity index (χ1) is 28.9. The van der Waals surface area contributed by atoms with Crippen molar-refractivity contribution in [1.82, 2.24) is 30.2 Å². The van der Waals surface area contributed by atoms with Gasteiger partial charge in [0.1, 0.15) is 36.3 Å². The fraction of sp³-hybridized carbons (Fsp3) is 0.531. The normalized spacial score (nSPS) is 21.1. The number of thioether (sulfide) groups is 1. The molecule has 344 valence electrons.